The summed E-state index contributed by atoms with van der Waals surface area (Å²) >= 11 is 3.63. The summed E-state index contributed by atoms with van der Waals surface area (Å²) in [5.74, 6) is -2.65. The van der Waals surface area contributed by atoms with Gasteiger partial charge in [-0.25, -0.2) is 0 Å². The SMILES string of the molecule is COc1c2c(c(O)c3c4c(c(C)cc13)C1OC3(C(CO)OC)OC1[C@@](OC)(O4)[C@]3(CBr)OC(C)C)C(=O)CCC2. The highest BCUT2D eigenvalue weighted by Crippen LogP contribution is 2.69. The minimum absolute atomic E-state index is 0.136. The summed E-state index contributed by atoms with van der Waals surface area (Å²) in [4.78, 5) is 13.1. The number of phenols is 1. The van der Waals surface area contributed by atoms with Gasteiger partial charge in [0.25, 0.3) is 5.79 Å². The van der Waals surface area contributed by atoms with E-state index < -0.39 is 42.1 Å². The number of ketones is 1. The molecule has 0 radical (unpaired) electrons. The second-order valence-corrected chi connectivity index (χ2v) is 11.7. The Balaban J connectivity index is 1.70. The Bertz CT molecular complexity index is 1390. The third kappa shape index (κ3) is 3.17. The predicted molar refractivity (Wildman–Crippen MR) is 147 cm³/mol. The lowest BCUT2D eigenvalue weighted by Gasteiger charge is -2.56. The van der Waals surface area contributed by atoms with Crippen molar-refractivity contribution in [3.8, 4) is 17.2 Å². The van der Waals surface area contributed by atoms with Gasteiger partial charge in [0, 0.05) is 42.5 Å². The molecular formula is C29H35BrO10. The number of phenolic OH excluding ortho intramolecular Hbond substituents is 1. The van der Waals surface area contributed by atoms with Crippen molar-refractivity contribution in [2.75, 3.05) is 33.3 Å². The molecule has 2 N–H and O–H groups in total. The number of hydrogen-bond acceptors (Lipinski definition) is 10. The molecule has 10 nitrogen and oxygen atoms in total. The molecule has 11 heteroatoms. The van der Waals surface area contributed by atoms with Crippen LogP contribution in [-0.2, 0) is 30.1 Å². The maximum Gasteiger partial charge on any atom is 0.275 e. The van der Waals surface area contributed by atoms with E-state index in [0.29, 0.717) is 52.7 Å². The zero-order chi connectivity index (χ0) is 28.8. The second kappa shape index (κ2) is 9.52. The van der Waals surface area contributed by atoms with E-state index >= 15 is 0 Å². The van der Waals surface area contributed by atoms with Gasteiger partial charge in [-0.15, -0.1) is 0 Å². The van der Waals surface area contributed by atoms with E-state index in [0.717, 1.165) is 5.56 Å². The number of carbonyl (C=O) groups is 1. The molecule has 3 heterocycles. The zero-order valence-electron chi connectivity index (χ0n) is 23.5. The van der Waals surface area contributed by atoms with Crippen LogP contribution in [0.25, 0.3) is 10.8 Å². The van der Waals surface area contributed by atoms with Crippen LogP contribution in [0.4, 0.5) is 0 Å². The van der Waals surface area contributed by atoms with Gasteiger partial charge in [-0.2, -0.15) is 0 Å². The fourth-order valence-corrected chi connectivity index (χ4v) is 8.30. The number of aromatic hydroxyl groups is 1. The number of hydrogen-bond donors (Lipinski definition) is 2. The number of methoxy groups -OCH3 is 3. The highest BCUT2D eigenvalue weighted by Gasteiger charge is 2.87. The molecule has 6 rings (SSSR count). The molecule has 2 aromatic rings. The number of alkyl halides is 1. The summed E-state index contributed by atoms with van der Waals surface area (Å²) < 4.78 is 44.8. The van der Waals surface area contributed by atoms with E-state index in [1.807, 2.05) is 26.8 Å². The molecule has 2 fully saturated rings. The quantitative estimate of drug-likeness (QED) is 0.420. The van der Waals surface area contributed by atoms with Gasteiger partial charge in [0.2, 0.25) is 11.4 Å². The predicted octanol–water partition coefficient (Wildman–Crippen LogP) is 3.85. The standard InChI is InChI=1S/C29H35BrO10/c1-13(2)37-27(12-30)28(18(11-31)34-4)39-25-19-14(3)10-16-21(24(19)38-29(27,36-6)26(25)40-28)22(33)20-15(23(16)35-5)8-7-9-17(20)32/h10,13,18,25-26,31,33H,7-9,11-12H2,1-6H3/t18?,25?,26?,27-,28?,29-/m1/s1. The molecule has 4 aliphatic rings. The molecule has 0 spiro atoms. The number of Topliss-reactive ketones (excluding diaryl/α,β-unsaturated/α-hetero) is 1. The zero-order valence-corrected chi connectivity index (χ0v) is 25.0. The lowest BCUT2D eigenvalue weighted by molar-refractivity contribution is -0.382. The molecule has 1 aliphatic carbocycles. The Morgan fingerprint density at radius 2 is 1.95 bits per heavy atom. The molecule has 0 saturated carbocycles. The number of benzene rings is 2. The van der Waals surface area contributed by atoms with Gasteiger partial charge in [0.15, 0.2) is 11.9 Å². The van der Waals surface area contributed by atoms with Crippen molar-refractivity contribution in [1.82, 2.24) is 0 Å². The monoisotopic (exact) mass is 622 g/mol. The number of rotatable bonds is 8. The smallest absolute Gasteiger partial charge is 0.275 e. The lowest BCUT2D eigenvalue weighted by Crippen LogP contribution is -2.78. The first-order valence-corrected chi connectivity index (χ1v) is 14.6. The van der Waals surface area contributed by atoms with Crippen LogP contribution in [0.1, 0.15) is 59.8 Å². The van der Waals surface area contributed by atoms with E-state index in [-0.39, 0.29) is 28.5 Å². The molecule has 0 aromatic heterocycles. The Hall–Kier alpha value is -1.99. The minimum Gasteiger partial charge on any atom is -0.506 e. The van der Waals surface area contributed by atoms with Gasteiger partial charge in [-0.1, -0.05) is 15.9 Å². The maximum absolute atomic E-state index is 13.1. The van der Waals surface area contributed by atoms with Gasteiger partial charge >= 0.3 is 0 Å². The Morgan fingerprint density at radius 1 is 1.20 bits per heavy atom. The number of aliphatic hydroxyl groups excluding tert-OH is 1. The molecule has 6 atom stereocenters. The third-order valence-corrected chi connectivity index (χ3v) is 9.64. The number of aliphatic hydroxyl groups is 1. The fourth-order valence-electron chi connectivity index (χ4n) is 7.38. The summed E-state index contributed by atoms with van der Waals surface area (Å²) in [6.07, 6.45) is -1.18. The normalized spacial score (nSPS) is 32.8. The van der Waals surface area contributed by atoms with Crippen LogP contribution in [0.2, 0.25) is 0 Å². The van der Waals surface area contributed by atoms with Crippen LogP contribution in [0.5, 0.6) is 17.2 Å². The third-order valence-electron chi connectivity index (χ3n) is 8.85. The minimum atomic E-state index is -1.61. The first kappa shape index (κ1) is 28.1. The molecule has 2 bridgehead atoms. The number of carbonyl (C=O) groups excluding carboxylic acids is 1. The van der Waals surface area contributed by atoms with Gasteiger partial charge in [-0.05, 0) is 45.2 Å². The van der Waals surface area contributed by atoms with Crippen LogP contribution in [-0.4, -0.2) is 84.7 Å². The van der Waals surface area contributed by atoms with Crippen molar-refractivity contribution in [3.63, 3.8) is 0 Å². The average molecular weight is 623 g/mol. The fraction of sp³-hybridized carbons (Fsp3) is 0.621. The first-order valence-electron chi connectivity index (χ1n) is 13.5. The molecule has 0 amide bonds. The van der Waals surface area contributed by atoms with Crippen molar-refractivity contribution in [1.29, 1.82) is 0 Å². The van der Waals surface area contributed by atoms with Crippen molar-refractivity contribution in [3.05, 3.63) is 28.3 Å². The lowest BCUT2D eigenvalue weighted by atomic mass is 9.75. The molecule has 40 heavy (non-hydrogen) atoms. The van der Waals surface area contributed by atoms with E-state index in [1.165, 1.54) is 14.2 Å². The van der Waals surface area contributed by atoms with Crippen LogP contribution in [0.15, 0.2) is 6.07 Å². The molecule has 2 saturated heterocycles. The van der Waals surface area contributed by atoms with Crippen molar-refractivity contribution < 1.29 is 48.2 Å². The van der Waals surface area contributed by atoms with Crippen molar-refractivity contribution in [2.45, 2.75) is 81.6 Å². The average Bonchev–Trinajstić information content (AvgIpc) is 3.43. The van der Waals surface area contributed by atoms with E-state index in [2.05, 4.69) is 15.9 Å². The maximum atomic E-state index is 13.1. The van der Waals surface area contributed by atoms with Gasteiger partial charge in [0.1, 0.15) is 29.5 Å². The van der Waals surface area contributed by atoms with Crippen LogP contribution >= 0.6 is 15.9 Å². The van der Waals surface area contributed by atoms with Gasteiger partial charge < -0.3 is 43.4 Å². The number of aryl methyl sites for hydroxylation is 1. The van der Waals surface area contributed by atoms with Gasteiger partial charge in [-0.3, -0.25) is 4.79 Å². The highest BCUT2D eigenvalue weighted by molar-refractivity contribution is 9.09. The van der Waals surface area contributed by atoms with Crippen LogP contribution in [0.3, 0.4) is 0 Å². The summed E-state index contributed by atoms with van der Waals surface area (Å²) in [6.45, 7) is 5.25. The summed E-state index contributed by atoms with van der Waals surface area (Å²) in [5, 5.41) is 23.2. The largest absolute Gasteiger partial charge is 0.506 e. The summed E-state index contributed by atoms with van der Waals surface area (Å²) in [6, 6.07) is 1.92. The summed E-state index contributed by atoms with van der Waals surface area (Å²) in [5.41, 5.74) is 0.953. The van der Waals surface area contributed by atoms with Crippen LogP contribution in [0, 0.1) is 6.92 Å². The molecule has 2 aromatic carbocycles. The van der Waals surface area contributed by atoms with Crippen LogP contribution < -0.4 is 9.47 Å². The molecular weight excluding hydrogens is 588 g/mol. The highest BCUT2D eigenvalue weighted by atomic mass is 79.9. The summed E-state index contributed by atoms with van der Waals surface area (Å²) in [7, 11) is 4.54. The number of fused-ring (bicyclic) bond motifs is 6. The van der Waals surface area contributed by atoms with Gasteiger partial charge in [0.05, 0.1) is 30.8 Å². The van der Waals surface area contributed by atoms with E-state index in [9.17, 15) is 15.0 Å². The van der Waals surface area contributed by atoms with Crippen molar-refractivity contribution >= 4 is 32.5 Å². The first-order chi connectivity index (χ1) is 19.1. The number of ether oxygens (including phenoxy) is 7. The molecule has 4 unspecified atom stereocenters. The Kier molecular flexibility index (Phi) is 6.70. The molecule has 218 valence electrons. The topological polar surface area (TPSA) is 122 Å². The Morgan fingerprint density at radius 3 is 2.55 bits per heavy atom. The molecule has 3 aliphatic heterocycles. The van der Waals surface area contributed by atoms with Crippen molar-refractivity contribution in [2.24, 2.45) is 0 Å². The Labute approximate surface area is 240 Å². The number of halogens is 1. The second-order valence-electron chi connectivity index (χ2n) is 11.1. The van der Waals surface area contributed by atoms with E-state index in [4.69, 9.17) is 33.2 Å². The van der Waals surface area contributed by atoms with E-state index in [1.54, 1.807) is 7.11 Å².